The second kappa shape index (κ2) is 14.2. The van der Waals surface area contributed by atoms with E-state index in [2.05, 4.69) is 5.32 Å². The zero-order valence-electron chi connectivity index (χ0n) is 11.3. The highest BCUT2D eigenvalue weighted by Crippen LogP contribution is 1.94. The number of unbranched alkanes of at least 4 members (excludes halogenated alkanes) is 2. The van der Waals surface area contributed by atoms with Crippen LogP contribution >= 0.6 is 0 Å². The van der Waals surface area contributed by atoms with Crippen LogP contribution in [0.5, 0.6) is 0 Å². The fraction of sp³-hybridized carbons (Fsp3) is 0.917. The maximum absolute atomic E-state index is 10.4. The Morgan fingerprint density at radius 2 is 1.56 bits per heavy atom. The van der Waals surface area contributed by atoms with Gasteiger partial charge >= 0.3 is 6.03 Å². The molecule has 0 fully saturated rings. The first-order valence-corrected chi connectivity index (χ1v) is 6.54. The van der Waals surface area contributed by atoms with E-state index in [1.807, 2.05) is 6.92 Å². The molecule has 0 rings (SSSR count). The summed E-state index contributed by atoms with van der Waals surface area (Å²) >= 11 is 0. The quantitative estimate of drug-likeness (QED) is 0.483. The van der Waals surface area contributed by atoms with Gasteiger partial charge in [0, 0.05) is 19.8 Å². The van der Waals surface area contributed by atoms with E-state index in [-0.39, 0.29) is 0 Å². The van der Waals surface area contributed by atoms with Gasteiger partial charge in [-0.2, -0.15) is 0 Å². The van der Waals surface area contributed by atoms with Crippen molar-refractivity contribution in [2.75, 3.05) is 46.2 Å². The molecule has 6 nitrogen and oxygen atoms in total. The van der Waals surface area contributed by atoms with Gasteiger partial charge in [0.2, 0.25) is 0 Å². The van der Waals surface area contributed by atoms with Gasteiger partial charge in [0.1, 0.15) is 0 Å². The molecule has 0 bridgehead atoms. The highest BCUT2D eigenvalue weighted by atomic mass is 16.5. The minimum Gasteiger partial charge on any atom is -0.379 e. The van der Waals surface area contributed by atoms with E-state index in [0.29, 0.717) is 33.0 Å². The molecule has 0 aromatic carbocycles. The summed E-state index contributed by atoms with van der Waals surface area (Å²) < 4.78 is 15.8. The molecule has 6 heteroatoms. The molecule has 0 aromatic heterocycles. The van der Waals surface area contributed by atoms with Crippen molar-refractivity contribution < 1.29 is 19.0 Å². The van der Waals surface area contributed by atoms with Crippen LogP contribution in [0.2, 0.25) is 0 Å². The third kappa shape index (κ3) is 15.1. The molecule has 0 unspecified atom stereocenters. The Hall–Kier alpha value is -0.850. The lowest BCUT2D eigenvalue weighted by Gasteiger charge is -2.06. The Labute approximate surface area is 109 Å². The van der Waals surface area contributed by atoms with E-state index in [0.717, 1.165) is 32.5 Å². The Balaban J connectivity index is 2.92. The number of amides is 2. The number of ether oxygens (including phenoxy) is 3. The van der Waals surface area contributed by atoms with Crippen molar-refractivity contribution in [3.63, 3.8) is 0 Å². The molecule has 0 radical (unpaired) electrons. The molecule has 2 amide bonds. The molecule has 0 heterocycles. The Morgan fingerprint density at radius 3 is 2.17 bits per heavy atom. The number of nitrogens with two attached hydrogens (primary N) is 1. The van der Waals surface area contributed by atoms with E-state index in [1.165, 1.54) is 0 Å². The minimum atomic E-state index is -0.463. The Kier molecular flexibility index (Phi) is 13.5. The van der Waals surface area contributed by atoms with Crippen LogP contribution < -0.4 is 11.1 Å². The predicted octanol–water partition coefficient (Wildman–Crippen LogP) is 0.895. The number of rotatable bonds is 13. The number of carbonyl (C=O) groups is 1. The zero-order valence-corrected chi connectivity index (χ0v) is 11.3. The van der Waals surface area contributed by atoms with Crippen LogP contribution in [-0.2, 0) is 14.2 Å². The lowest BCUT2D eigenvalue weighted by molar-refractivity contribution is 0.0163. The summed E-state index contributed by atoms with van der Waals surface area (Å²) in [6.45, 7) is 6.54. The molecule has 0 spiro atoms. The largest absolute Gasteiger partial charge is 0.379 e. The SMILES string of the molecule is CCOCCOCCOCCCCCNC(N)=O. The maximum Gasteiger partial charge on any atom is 0.312 e. The van der Waals surface area contributed by atoms with Gasteiger partial charge in [-0.3, -0.25) is 0 Å². The summed E-state index contributed by atoms with van der Waals surface area (Å²) in [6.07, 6.45) is 2.93. The number of primary amides is 1. The van der Waals surface area contributed by atoms with E-state index in [4.69, 9.17) is 19.9 Å². The summed E-state index contributed by atoms with van der Waals surface area (Å²) in [5.74, 6) is 0. The lowest BCUT2D eigenvalue weighted by Crippen LogP contribution is -2.29. The number of carbonyl (C=O) groups excluding carboxylic acids is 1. The second-order valence-electron chi connectivity index (χ2n) is 3.77. The minimum absolute atomic E-state index is 0.463. The third-order valence-electron chi connectivity index (χ3n) is 2.21. The normalized spacial score (nSPS) is 10.5. The first-order chi connectivity index (χ1) is 8.77. The molecule has 18 heavy (non-hydrogen) atoms. The van der Waals surface area contributed by atoms with Crippen LogP contribution in [0.25, 0.3) is 0 Å². The highest BCUT2D eigenvalue weighted by Gasteiger charge is 1.93. The average Bonchev–Trinajstić information content (AvgIpc) is 2.34. The average molecular weight is 262 g/mol. The molecule has 3 N–H and O–H groups in total. The van der Waals surface area contributed by atoms with Crippen LogP contribution in [0.3, 0.4) is 0 Å². The number of urea groups is 1. The highest BCUT2D eigenvalue weighted by molar-refractivity contribution is 5.71. The summed E-state index contributed by atoms with van der Waals surface area (Å²) in [4.78, 5) is 10.4. The molecule has 0 saturated carbocycles. The lowest BCUT2D eigenvalue weighted by atomic mass is 10.2. The molecular weight excluding hydrogens is 236 g/mol. The Morgan fingerprint density at radius 1 is 0.944 bits per heavy atom. The van der Waals surface area contributed by atoms with Crippen LogP contribution in [0.1, 0.15) is 26.2 Å². The van der Waals surface area contributed by atoms with Crippen molar-refractivity contribution in [1.82, 2.24) is 5.32 Å². The van der Waals surface area contributed by atoms with Crippen molar-refractivity contribution in [3.8, 4) is 0 Å². The van der Waals surface area contributed by atoms with Crippen LogP contribution in [0, 0.1) is 0 Å². The number of hydrogen-bond acceptors (Lipinski definition) is 4. The molecule has 0 saturated heterocycles. The number of hydrogen-bond donors (Lipinski definition) is 2. The van der Waals surface area contributed by atoms with Crippen molar-refractivity contribution >= 4 is 6.03 Å². The van der Waals surface area contributed by atoms with Gasteiger partial charge in [0.25, 0.3) is 0 Å². The molecule has 0 aliphatic rings. The molecular formula is C12H26N2O4. The predicted molar refractivity (Wildman–Crippen MR) is 69.6 cm³/mol. The number of nitrogens with one attached hydrogen (secondary N) is 1. The van der Waals surface area contributed by atoms with Crippen molar-refractivity contribution in [2.45, 2.75) is 26.2 Å². The van der Waals surface area contributed by atoms with E-state index in [1.54, 1.807) is 0 Å². The van der Waals surface area contributed by atoms with Gasteiger partial charge in [-0.15, -0.1) is 0 Å². The van der Waals surface area contributed by atoms with Gasteiger partial charge in [0.15, 0.2) is 0 Å². The van der Waals surface area contributed by atoms with Crippen molar-refractivity contribution in [2.24, 2.45) is 5.73 Å². The summed E-state index contributed by atoms with van der Waals surface area (Å²) in [7, 11) is 0. The third-order valence-corrected chi connectivity index (χ3v) is 2.21. The molecule has 0 aliphatic heterocycles. The van der Waals surface area contributed by atoms with Gasteiger partial charge in [-0.05, 0) is 26.2 Å². The fourth-order valence-corrected chi connectivity index (χ4v) is 1.30. The van der Waals surface area contributed by atoms with Crippen molar-refractivity contribution in [1.29, 1.82) is 0 Å². The van der Waals surface area contributed by atoms with E-state index < -0.39 is 6.03 Å². The molecule has 0 aliphatic carbocycles. The fourth-order valence-electron chi connectivity index (χ4n) is 1.30. The smallest absolute Gasteiger partial charge is 0.312 e. The van der Waals surface area contributed by atoms with Gasteiger partial charge < -0.3 is 25.3 Å². The summed E-state index contributed by atoms with van der Waals surface area (Å²) in [5.41, 5.74) is 4.93. The topological polar surface area (TPSA) is 82.8 Å². The van der Waals surface area contributed by atoms with E-state index >= 15 is 0 Å². The Bertz CT molecular complexity index is 191. The summed E-state index contributed by atoms with van der Waals surface area (Å²) in [5, 5.41) is 2.55. The zero-order chi connectivity index (χ0) is 13.5. The van der Waals surface area contributed by atoms with Crippen LogP contribution in [0.4, 0.5) is 4.79 Å². The van der Waals surface area contributed by atoms with Gasteiger partial charge in [-0.25, -0.2) is 4.79 Å². The monoisotopic (exact) mass is 262 g/mol. The first-order valence-electron chi connectivity index (χ1n) is 6.54. The molecule has 108 valence electrons. The maximum atomic E-state index is 10.4. The summed E-state index contributed by atoms with van der Waals surface area (Å²) in [6, 6.07) is -0.463. The van der Waals surface area contributed by atoms with Crippen LogP contribution in [-0.4, -0.2) is 52.2 Å². The standard InChI is InChI=1S/C12H26N2O4/c1-2-16-8-9-18-11-10-17-7-5-3-4-6-14-12(13)15/h2-11H2,1H3,(H3,13,14,15). The van der Waals surface area contributed by atoms with Gasteiger partial charge in [-0.1, -0.05) is 0 Å². The van der Waals surface area contributed by atoms with E-state index in [9.17, 15) is 4.79 Å². The van der Waals surface area contributed by atoms with Crippen molar-refractivity contribution in [3.05, 3.63) is 0 Å². The van der Waals surface area contributed by atoms with Crippen LogP contribution in [0.15, 0.2) is 0 Å². The van der Waals surface area contributed by atoms with Gasteiger partial charge in [0.05, 0.1) is 26.4 Å². The second-order valence-corrected chi connectivity index (χ2v) is 3.77. The molecule has 0 atom stereocenters. The molecule has 0 aromatic rings. The first kappa shape index (κ1) is 17.2.